The first-order valence-corrected chi connectivity index (χ1v) is 6.93. The van der Waals surface area contributed by atoms with Gasteiger partial charge >= 0.3 is 6.18 Å². The molecule has 1 saturated heterocycles. The third-order valence-corrected chi connectivity index (χ3v) is 4.17. The lowest BCUT2D eigenvalue weighted by Crippen LogP contribution is -2.29. The van der Waals surface area contributed by atoms with Gasteiger partial charge in [0.05, 0.1) is 6.42 Å². The summed E-state index contributed by atoms with van der Waals surface area (Å²) in [5.74, 6) is 1.93. The molecule has 2 atom stereocenters. The van der Waals surface area contributed by atoms with Crippen LogP contribution < -0.4 is 0 Å². The topological polar surface area (TPSA) is 17.3 Å². The van der Waals surface area contributed by atoms with E-state index in [-0.39, 0.29) is 6.54 Å². The lowest BCUT2D eigenvalue weighted by molar-refractivity contribution is -0.137. The predicted octanol–water partition coefficient (Wildman–Crippen LogP) is 3.29. The molecule has 18 heavy (non-hydrogen) atoms. The van der Waals surface area contributed by atoms with Gasteiger partial charge in [-0.25, -0.2) is 0 Å². The lowest BCUT2D eigenvalue weighted by Gasteiger charge is -2.23. The van der Waals surface area contributed by atoms with Crippen LogP contribution in [0.5, 0.6) is 0 Å². The van der Waals surface area contributed by atoms with Gasteiger partial charge in [-0.15, -0.1) is 13.1 Å². The Kier molecular flexibility index (Phi) is 4.54. The van der Waals surface area contributed by atoms with Crippen molar-refractivity contribution < 1.29 is 13.2 Å². The van der Waals surface area contributed by atoms with Crippen molar-refractivity contribution in [3.05, 3.63) is 5.32 Å². The molecule has 0 aromatic rings. The molecule has 2 nitrogen and oxygen atoms in total. The van der Waals surface area contributed by atoms with Crippen molar-refractivity contribution in [3.8, 4) is 0 Å². The molecule has 1 aliphatic carbocycles. The van der Waals surface area contributed by atoms with Crippen LogP contribution in [0.3, 0.4) is 0 Å². The number of nitrogens with zero attached hydrogens (tertiary/aromatic N) is 2. The Morgan fingerprint density at radius 2 is 1.89 bits per heavy atom. The van der Waals surface area contributed by atoms with Crippen molar-refractivity contribution in [1.82, 2.24) is 4.90 Å². The maximum absolute atomic E-state index is 12.1. The number of unbranched alkanes of at least 4 members (excludes halogenated alkanes) is 1. The van der Waals surface area contributed by atoms with Gasteiger partial charge in [-0.1, -0.05) is 25.7 Å². The maximum Gasteiger partial charge on any atom is 0.390 e. The van der Waals surface area contributed by atoms with Gasteiger partial charge in [0.25, 0.3) is 0 Å². The first-order valence-electron chi connectivity index (χ1n) is 6.93. The van der Waals surface area contributed by atoms with Gasteiger partial charge < -0.3 is 10.2 Å². The normalized spacial score (nSPS) is 31.7. The summed E-state index contributed by atoms with van der Waals surface area (Å²) < 4.78 is 36.3. The van der Waals surface area contributed by atoms with E-state index in [9.17, 15) is 13.2 Å². The average Bonchev–Trinajstić information content (AvgIpc) is 2.74. The highest BCUT2D eigenvalue weighted by Gasteiger charge is 2.53. The zero-order valence-corrected chi connectivity index (χ0v) is 10.9. The van der Waals surface area contributed by atoms with Gasteiger partial charge in [0.1, 0.15) is 0 Å². The highest BCUT2D eigenvalue weighted by Crippen LogP contribution is 2.52. The molecular formula is C13H22F3N2-. The number of rotatable bonds is 7. The summed E-state index contributed by atoms with van der Waals surface area (Å²) in [5, 5.41) is 4.52. The molecule has 0 aromatic heterocycles. The van der Waals surface area contributed by atoms with Gasteiger partial charge in [-0.2, -0.15) is 13.2 Å². The molecule has 2 rings (SSSR count). The summed E-state index contributed by atoms with van der Waals surface area (Å²) >= 11 is 0. The summed E-state index contributed by atoms with van der Waals surface area (Å²) in [6.07, 6.45) is -2.36. The van der Waals surface area contributed by atoms with Gasteiger partial charge in [0.2, 0.25) is 0 Å². The van der Waals surface area contributed by atoms with Crippen molar-refractivity contribution in [2.75, 3.05) is 32.7 Å². The maximum atomic E-state index is 12.1. The molecule has 0 bridgehead atoms. The van der Waals surface area contributed by atoms with Crippen molar-refractivity contribution in [2.45, 2.75) is 32.4 Å². The van der Waals surface area contributed by atoms with E-state index in [1.807, 2.05) is 4.90 Å². The monoisotopic (exact) mass is 263 g/mol. The number of alkyl halides is 3. The minimum absolute atomic E-state index is 0.177. The number of halogens is 3. The van der Waals surface area contributed by atoms with E-state index < -0.39 is 12.6 Å². The van der Waals surface area contributed by atoms with E-state index in [0.29, 0.717) is 17.8 Å². The second kappa shape index (κ2) is 5.78. The fourth-order valence-electron chi connectivity index (χ4n) is 2.99. The Bertz CT molecular complexity index is 255. The molecule has 106 valence electrons. The summed E-state index contributed by atoms with van der Waals surface area (Å²) in [6.45, 7) is 5.92. The van der Waals surface area contributed by atoms with Crippen LogP contribution in [0.4, 0.5) is 13.2 Å². The fourth-order valence-corrected chi connectivity index (χ4v) is 2.99. The molecule has 0 aromatic carbocycles. The Morgan fingerprint density at radius 1 is 1.22 bits per heavy atom. The fraction of sp³-hybridized carbons (Fsp3) is 1.00. The Morgan fingerprint density at radius 3 is 2.44 bits per heavy atom. The summed E-state index contributed by atoms with van der Waals surface area (Å²) in [5.41, 5.74) is 0. The molecule has 1 heterocycles. The molecule has 1 saturated carbocycles. The molecule has 0 radical (unpaired) electrons. The number of fused-ring (bicyclic) bond motifs is 1. The predicted molar refractivity (Wildman–Crippen MR) is 65.6 cm³/mol. The second-order valence-electron chi connectivity index (χ2n) is 5.60. The van der Waals surface area contributed by atoms with E-state index in [2.05, 4.69) is 12.2 Å². The smallest absolute Gasteiger partial charge is 0.390 e. The van der Waals surface area contributed by atoms with E-state index >= 15 is 0 Å². The highest BCUT2D eigenvalue weighted by atomic mass is 19.4. The molecule has 0 spiro atoms. The van der Waals surface area contributed by atoms with Crippen LogP contribution in [-0.2, 0) is 0 Å². The second-order valence-corrected chi connectivity index (χ2v) is 5.60. The average molecular weight is 263 g/mol. The number of hydrogen-bond donors (Lipinski definition) is 0. The minimum atomic E-state index is -4.01. The first kappa shape index (κ1) is 14.1. The van der Waals surface area contributed by atoms with E-state index in [1.165, 1.54) is 6.42 Å². The molecular weight excluding hydrogens is 241 g/mol. The Labute approximate surface area is 107 Å². The SMILES string of the molecule is CCCC[N-]CC1C2CN(CCC(F)(F)F)CC12. The van der Waals surface area contributed by atoms with E-state index in [1.54, 1.807) is 0 Å². The quantitative estimate of drug-likeness (QED) is 0.644. The minimum Gasteiger partial charge on any atom is -0.662 e. The van der Waals surface area contributed by atoms with Crippen LogP contribution in [0, 0.1) is 17.8 Å². The molecule has 2 aliphatic rings. The first-order chi connectivity index (χ1) is 8.51. The molecule has 0 amide bonds. The molecule has 1 aliphatic heterocycles. The van der Waals surface area contributed by atoms with Crippen molar-refractivity contribution in [2.24, 2.45) is 17.8 Å². The molecule has 2 fully saturated rings. The molecule has 5 heteroatoms. The van der Waals surface area contributed by atoms with Crippen LogP contribution in [-0.4, -0.2) is 43.8 Å². The number of hydrogen-bond acceptors (Lipinski definition) is 1. The summed E-state index contributed by atoms with van der Waals surface area (Å²) in [7, 11) is 0. The number of likely N-dealkylation sites (tertiary alicyclic amines) is 1. The lowest BCUT2D eigenvalue weighted by atomic mass is 10.2. The third kappa shape index (κ3) is 3.85. The van der Waals surface area contributed by atoms with Crippen molar-refractivity contribution in [3.63, 3.8) is 0 Å². The Hall–Kier alpha value is -0.290. The van der Waals surface area contributed by atoms with E-state index in [0.717, 1.165) is 32.6 Å². The third-order valence-electron chi connectivity index (χ3n) is 4.17. The van der Waals surface area contributed by atoms with Crippen LogP contribution in [0.15, 0.2) is 0 Å². The summed E-state index contributed by atoms with van der Waals surface area (Å²) in [4.78, 5) is 1.96. The molecule has 2 unspecified atom stereocenters. The van der Waals surface area contributed by atoms with Gasteiger partial charge in [0, 0.05) is 19.6 Å². The van der Waals surface area contributed by atoms with Crippen molar-refractivity contribution >= 4 is 0 Å². The summed E-state index contributed by atoms with van der Waals surface area (Å²) in [6, 6.07) is 0. The largest absolute Gasteiger partial charge is 0.662 e. The van der Waals surface area contributed by atoms with Crippen LogP contribution >= 0.6 is 0 Å². The van der Waals surface area contributed by atoms with Crippen LogP contribution in [0.1, 0.15) is 26.2 Å². The zero-order chi connectivity index (χ0) is 13.2. The Balaban J connectivity index is 1.55. The number of piperidine rings is 1. The standard InChI is InChI=1S/C13H22F3N2/c1-2-3-5-17-7-10-11-8-18(9-12(10)11)6-4-13(14,15)16/h10-12H,2-9H2,1H3/q-1. The molecule has 0 N–H and O–H groups in total. The zero-order valence-electron chi connectivity index (χ0n) is 10.9. The van der Waals surface area contributed by atoms with Gasteiger partial charge in [0.15, 0.2) is 0 Å². The van der Waals surface area contributed by atoms with Crippen LogP contribution in [0.2, 0.25) is 0 Å². The highest BCUT2D eigenvalue weighted by molar-refractivity contribution is 5.09. The van der Waals surface area contributed by atoms with Gasteiger partial charge in [-0.3, -0.25) is 0 Å². The van der Waals surface area contributed by atoms with Crippen molar-refractivity contribution in [1.29, 1.82) is 0 Å². The van der Waals surface area contributed by atoms with E-state index in [4.69, 9.17) is 0 Å². The van der Waals surface area contributed by atoms with Gasteiger partial charge in [-0.05, 0) is 11.8 Å². The van der Waals surface area contributed by atoms with Crippen LogP contribution in [0.25, 0.3) is 5.32 Å².